The second kappa shape index (κ2) is 9.25. The Hall–Kier alpha value is -4.37. The zero-order chi connectivity index (χ0) is 26.4. The highest BCUT2D eigenvalue weighted by molar-refractivity contribution is 7.23. The molecule has 1 atom stereocenters. The van der Waals surface area contributed by atoms with Crippen molar-refractivity contribution in [1.29, 1.82) is 5.26 Å². The number of nitrogens with zero attached hydrogens (tertiary/aromatic N) is 4. The summed E-state index contributed by atoms with van der Waals surface area (Å²) in [5, 5.41) is 9.56. The van der Waals surface area contributed by atoms with Gasteiger partial charge in [0.05, 0.1) is 34.9 Å². The van der Waals surface area contributed by atoms with Crippen molar-refractivity contribution < 1.29 is 27.4 Å². The summed E-state index contributed by atoms with van der Waals surface area (Å²) in [6.07, 6.45) is 1.19. The molecule has 4 aromatic rings. The molecule has 0 saturated carbocycles. The van der Waals surface area contributed by atoms with Gasteiger partial charge in [-0.3, -0.25) is 4.79 Å². The van der Waals surface area contributed by atoms with Gasteiger partial charge in [-0.05, 0) is 23.8 Å². The predicted molar refractivity (Wildman–Crippen MR) is 132 cm³/mol. The van der Waals surface area contributed by atoms with Crippen LogP contribution >= 0.6 is 11.3 Å². The maximum Gasteiger partial charge on any atom is 0.320 e. The fraction of sp³-hybridized carbons (Fsp3) is 0.200. The Morgan fingerprint density at radius 3 is 2.81 bits per heavy atom. The maximum atomic E-state index is 16.0. The van der Waals surface area contributed by atoms with Gasteiger partial charge in [0, 0.05) is 18.4 Å². The van der Waals surface area contributed by atoms with Crippen LogP contribution in [0.3, 0.4) is 0 Å². The summed E-state index contributed by atoms with van der Waals surface area (Å²) in [5.41, 5.74) is 4.95. The summed E-state index contributed by atoms with van der Waals surface area (Å²) in [7, 11) is 1.28. The first-order valence-electron chi connectivity index (χ1n) is 11.0. The molecule has 8 nitrogen and oxygen atoms in total. The minimum atomic E-state index is -1.07. The summed E-state index contributed by atoms with van der Waals surface area (Å²) in [6, 6.07) is 4.93. The molecule has 1 saturated heterocycles. The molecule has 1 aliphatic heterocycles. The number of hydrogen-bond acceptors (Lipinski definition) is 8. The van der Waals surface area contributed by atoms with Crippen LogP contribution in [0.25, 0.3) is 32.1 Å². The number of hydrogen-bond donors (Lipinski definition) is 1. The van der Waals surface area contributed by atoms with E-state index in [1.54, 1.807) is 0 Å². The quantitative estimate of drug-likeness (QED) is 0.380. The molecule has 2 aromatic heterocycles. The van der Waals surface area contributed by atoms with Crippen LogP contribution in [-0.2, 0) is 4.79 Å². The van der Waals surface area contributed by atoms with Gasteiger partial charge in [0.1, 0.15) is 34.3 Å². The van der Waals surface area contributed by atoms with Crippen molar-refractivity contribution in [3.8, 4) is 29.1 Å². The van der Waals surface area contributed by atoms with E-state index in [9.17, 15) is 14.4 Å². The van der Waals surface area contributed by atoms with E-state index < -0.39 is 29.1 Å². The molecule has 188 valence electrons. The first-order valence-corrected chi connectivity index (χ1v) is 11.8. The van der Waals surface area contributed by atoms with Gasteiger partial charge in [-0.15, -0.1) is 11.3 Å². The molecular weight excluding hydrogens is 507 g/mol. The topological polar surface area (TPSA) is 114 Å². The Balaban J connectivity index is 1.68. The molecule has 2 aromatic carbocycles. The number of nitrogen functional groups attached to an aromatic ring is 1. The molecule has 3 heterocycles. The Kier molecular flexibility index (Phi) is 6.08. The SMILES string of the molecule is C=CC(=O)N1CCC(Oc2nc(OC)nc3c(F)c(-c4ccc(F)c5sc(N)c(C#N)c45)c(F)cc23)C1. The Labute approximate surface area is 212 Å². The first-order chi connectivity index (χ1) is 17.8. The zero-order valence-corrected chi connectivity index (χ0v) is 20.2. The van der Waals surface area contributed by atoms with Gasteiger partial charge >= 0.3 is 6.01 Å². The van der Waals surface area contributed by atoms with Crippen LogP contribution in [0.2, 0.25) is 0 Å². The van der Waals surface area contributed by atoms with Gasteiger partial charge in [-0.25, -0.2) is 13.2 Å². The fourth-order valence-electron chi connectivity index (χ4n) is 4.40. The van der Waals surface area contributed by atoms with E-state index in [-0.39, 0.29) is 61.5 Å². The highest BCUT2D eigenvalue weighted by Crippen LogP contribution is 2.44. The number of amides is 1. The van der Waals surface area contributed by atoms with E-state index in [1.165, 1.54) is 24.2 Å². The lowest BCUT2D eigenvalue weighted by Crippen LogP contribution is -2.29. The number of ether oxygens (including phenoxy) is 2. The average molecular weight is 526 g/mol. The Bertz CT molecular complexity index is 1650. The lowest BCUT2D eigenvalue weighted by atomic mass is 9.97. The van der Waals surface area contributed by atoms with Crippen molar-refractivity contribution in [2.75, 3.05) is 25.9 Å². The highest BCUT2D eigenvalue weighted by Gasteiger charge is 2.29. The third kappa shape index (κ3) is 3.97. The molecule has 1 amide bonds. The van der Waals surface area contributed by atoms with E-state index in [0.717, 1.165) is 23.5 Å². The van der Waals surface area contributed by atoms with Crippen molar-refractivity contribution in [2.24, 2.45) is 0 Å². The molecule has 1 aliphatic rings. The van der Waals surface area contributed by atoms with E-state index in [2.05, 4.69) is 16.5 Å². The van der Waals surface area contributed by atoms with Gasteiger partial charge in [0.25, 0.3) is 0 Å². The van der Waals surface area contributed by atoms with E-state index in [0.29, 0.717) is 13.0 Å². The number of anilines is 1. The van der Waals surface area contributed by atoms with Crippen LogP contribution in [0.4, 0.5) is 18.2 Å². The van der Waals surface area contributed by atoms with Crippen LogP contribution in [0.1, 0.15) is 12.0 Å². The number of aromatic nitrogens is 2. The molecule has 0 spiro atoms. The molecular formula is C25H18F3N5O3S. The molecule has 2 N–H and O–H groups in total. The normalized spacial score (nSPS) is 15.2. The van der Waals surface area contributed by atoms with Crippen molar-refractivity contribution in [3.63, 3.8) is 0 Å². The van der Waals surface area contributed by atoms with Crippen molar-refractivity contribution in [1.82, 2.24) is 14.9 Å². The highest BCUT2D eigenvalue weighted by atomic mass is 32.1. The molecule has 1 fully saturated rings. The molecule has 0 radical (unpaired) electrons. The van der Waals surface area contributed by atoms with Crippen LogP contribution in [-0.4, -0.2) is 47.1 Å². The van der Waals surface area contributed by atoms with Gasteiger partial charge in [0.15, 0.2) is 5.82 Å². The fourth-order valence-corrected chi connectivity index (χ4v) is 5.35. The molecule has 1 unspecified atom stereocenters. The van der Waals surface area contributed by atoms with Crippen molar-refractivity contribution in [2.45, 2.75) is 12.5 Å². The van der Waals surface area contributed by atoms with Gasteiger partial charge in [0.2, 0.25) is 11.8 Å². The lowest BCUT2D eigenvalue weighted by molar-refractivity contribution is -0.125. The van der Waals surface area contributed by atoms with Crippen molar-refractivity contribution >= 4 is 43.2 Å². The monoisotopic (exact) mass is 525 g/mol. The molecule has 0 aliphatic carbocycles. The summed E-state index contributed by atoms with van der Waals surface area (Å²) >= 11 is 0.820. The van der Waals surface area contributed by atoms with E-state index >= 15 is 8.78 Å². The summed E-state index contributed by atoms with van der Waals surface area (Å²) in [4.78, 5) is 21.6. The summed E-state index contributed by atoms with van der Waals surface area (Å²) in [5.74, 6) is -3.11. The number of carbonyl (C=O) groups excluding carboxylic acids is 1. The van der Waals surface area contributed by atoms with Gasteiger partial charge in [-0.2, -0.15) is 15.2 Å². The molecule has 12 heteroatoms. The summed E-state index contributed by atoms with van der Waals surface area (Å²) < 4.78 is 57.1. The zero-order valence-electron chi connectivity index (χ0n) is 19.3. The number of methoxy groups -OCH3 is 1. The second-order valence-electron chi connectivity index (χ2n) is 8.23. The predicted octanol–water partition coefficient (Wildman–Crippen LogP) is 4.56. The third-order valence-electron chi connectivity index (χ3n) is 6.12. The number of likely N-dealkylation sites (tertiary alicyclic amines) is 1. The van der Waals surface area contributed by atoms with Crippen LogP contribution in [0.15, 0.2) is 30.9 Å². The van der Waals surface area contributed by atoms with E-state index in [4.69, 9.17) is 15.2 Å². The van der Waals surface area contributed by atoms with Crippen molar-refractivity contribution in [3.05, 3.63) is 53.9 Å². The Morgan fingerprint density at radius 2 is 2.11 bits per heavy atom. The minimum absolute atomic E-state index is 0.00889. The number of thiophene rings is 1. The second-order valence-corrected chi connectivity index (χ2v) is 9.28. The number of halogens is 3. The largest absolute Gasteiger partial charge is 0.472 e. The molecule has 0 bridgehead atoms. The standard InChI is InChI=1S/C25H18F3N5O3S/c1-3-17(34)33-7-6-11(10-33)36-24-13-8-16(27)19(20(28)21(13)31-25(32-24)35-2)12-4-5-15(26)22-18(12)14(9-29)23(30)37-22/h3-5,8,11H,1,6-7,10,30H2,2H3. The number of rotatable bonds is 5. The van der Waals surface area contributed by atoms with Gasteiger partial charge < -0.3 is 20.1 Å². The minimum Gasteiger partial charge on any atom is -0.472 e. The lowest BCUT2D eigenvalue weighted by Gasteiger charge is -2.17. The van der Waals surface area contributed by atoms with Gasteiger partial charge in [-0.1, -0.05) is 12.6 Å². The molecule has 37 heavy (non-hydrogen) atoms. The van der Waals surface area contributed by atoms with Crippen LogP contribution < -0.4 is 15.2 Å². The molecule has 5 rings (SSSR count). The Morgan fingerprint density at radius 1 is 1.32 bits per heavy atom. The first kappa shape index (κ1) is 24.3. The maximum absolute atomic E-state index is 16.0. The van der Waals surface area contributed by atoms with Crippen LogP contribution in [0, 0.1) is 28.8 Å². The number of fused-ring (bicyclic) bond motifs is 2. The number of nitriles is 1. The average Bonchev–Trinajstić information content (AvgIpc) is 3.49. The summed E-state index contributed by atoms with van der Waals surface area (Å²) in [6.45, 7) is 4.14. The van der Waals surface area contributed by atoms with Crippen LogP contribution in [0.5, 0.6) is 11.9 Å². The smallest absolute Gasteiger partial charge is 0.320 e. The van der Waals surface area contributed by atoms with E-state index in [1.807, 2.05) is 6.07 Å². The number of nitrogens with two attached hydrogens (primary N) is 1. The number of carbonyl (C=O) groups is 1. The third-order valence-corrected chi connectivity index (χ3v) is 7.15. The number of benzene rings is 2.